The number of carbonyl (C=O) groups excluding carboxylic acids is 1. The monoisotopic (exact) mass is 261 g/mol. The van der Waals surface area contributed by atoms with Gasteiger partial charge in [-0.05, 0) is 12.5 Å². The Morgan fingerprint density at radius 3 is 3.05 bits per heavy atom. The highest BCUT2D eigenvalue weighted by atomic mass is 16.9. The van der Waals surface area contributed by atoms with Crippen molar-refractivity contribution in [2.75, 3.05) is 6.61 Å². The Hall–Kier alpha value is -2.08. The number of para-hydroxylation sites is 1. The van der Waals surface area contributed by atoms with Crippen molar-refractivity contribution in [3.63, 3.8) is 0 Å². The van der Waals surface area contributed by atoms with E-state index < -0.39 is 12.3 Å². The number of fused-ring (bicyclic) bond motifs is 5. The van der Waals surface area contributed by atoms with Gasteiger partial charge in [-0.25, -0.2) is 4.79 Å². The first-order valence-electron chi connectivity index (χ1n) is 6.19. The van der Waals surface area contributed by atoms with Gasteiger partial charge in [-0.2, -0.15) is 0 Å². The average Bonchev–Trinajstić information content (AvgIpc) is 2.86. The minimum Gasteiger partial charge on any atom is -0.418 e. The quantitative estimate of drug-likeness (QED) is 0.395. The number of hydrogen-bond acceptors (Lipinski definition) is 5. The Morgan fingerprint density at radius 1 is 1.32 bits per heavy atom. The molecule has 0 saturated carbocycles. The zero-order chi connectivity index (χ0) is 13.0. The lowest BCUT2D eigenvalue weighted by Gasteiger charge is -2.34. The van der Waals surface area contributed by atoms with Crippen LogP contribution in [0.25, 0.3) is 0 Å². The second kappa shape index (κ2) is 3.71. The Balaban J connectivity index is 1.92. The van der Waals surface area contributed by atoms with Gasteiger partial charge in [0.05, 0.1) is 10.8 Å². The van der Waals surface area contributed by atoms with Gasteiger partial charge in [-0.1, -0.05) is 18.2 Å². The molecule has 98 valence electrons. The van der Waals surface area contributed by atoms with E-state index in [-0.39, 0.29) is 22.4 Å². The molecule has 0 unspecified atom stereocenters. The highest BCUT2D eigenvalue weighted by Gasteiger charge is 2.53. The van der Waals surface area contributed by atoms with Crippen molar-refractivity contribution in [1.82, 2.24) is 0 Å². The lowest BCUT2D eigenvalue weighted by atomic mass is 9.79. The number of benzene rings is 1. The molecule has 4 rings (SSSR count). The van der Waals surface area contributed by atoms with Crippen LogP contribution in [0.3, 0.4) is 0 Å². The van der Waals surface area contributed by atoms with Gasteiger partial charge in [0.25, 0.3) is 0 Å². The largest absolute Gasteiger partial charge is 0.418 e. The predicted molar refractivity (Wildman–Crippen MR) is 62.4 cm³/mol. The van der Waals surface area contributed by atoms with Crippen LogP contribution in [0.15, 0.2) is 24.3 Å². The highest BCUT2D eigenvalue weighted by Crippen LogP contribution is 2.44. The van der Waals surface area contributed by atoms with E-state index in [9.17, 15) is 10.0 Å². The van der Waals surface area contributed by atoms with E-state index in [2.05, 4.69) is 0 Å². The molecule has 3 aliphatic heterocycles. The summed E-state index contributed by atoms with van der Waals surface area (Å²) >= 11 is 0. The summed E-state index contributed by atoms with van der Waals surface area (Å²) in [5.74, 6) is -0.448. The number of rotatable bonds is 0. The van der Waals surface area contributed by atoms with Crippen LogP contribution in [0.2, 0.25) is 0 Å². The number of carbonyl (C=O) groups is 1. The maximum Gasteiger partial charge on any atom is 0.411 e. The van der Waals surface area contributed by atoms with Crippen molar-refractivity contribution in [1.29, 1.82) is 0 Å². The third-order valence-electron chi connectivity index (χ3n) is 3.87. The molecule has 3 aliphatic rings. The maximum absolute atomic E-state index is 12.0. The zero-order valence-electron chi connectivity index (χ0n) is 9.94. The first-order valence-corrected chi connectivity index (χ1v) is 6.19. The first-order chi connectivity index (χ1) is 9.25. The van der Waals surface area contributed by atoms with Crippen LogP contribution in [-0.4, -0.2) is 29.5 Å². The summed E-state index contributed by atoms with van der Waals surface area (Å²) in [6, 6.07) is 7.28. The minimum atomic E-state index is -0.635. The lowest BCUT2D eigenvalue weighted by Crippen LogP contribution is -2.48. The van der Waals surface area contributed by atoms with E-state index in [4.69, 9.17) is 14.3 Å². The maximum atomic E-state index is 12.0. The molecule has 3 heterocycles. The molecule has 1 saturated heterocycles. The highest BCUT2D eigenvalue weighted by molar-refractivity contribution is 6.38. The fourth-order valence-electron chi connectivity index (χ4n) is 3.04. The van der Waals surface area contributed by atoms with Gasteiger partial charge >= 0.3 is 11.7 Å². The second-order valence-electron chi connectivity index (χ2n) is 4.84. The molecular weight excluding hydrogens is 250 g/mol. The standard InChI is InChI=1S/C13H11NO5/c15-12-11-10(7-3-1-2-4-9(7)18-12)8-5-6-17-13(8)19-14(11)16/h1-4,8,10,13H,5-6H2/t8-,10+,13+/m0/s1. The Bertz CT molecular complexity index is 596. The van der Waals surface area contributed by atoms with Crippen molar-refractivity contribution < 1.29 is 24.0 Å². The Labute approximate surface area is 108 Å². The molecule has 0 N–H and O–H groups in total. The van der Waals surface area contributed by atoms with Crippen LogP contribution in [0.5, 0.6) is 5.75 Å². The van der Waals surface area contributed by atoms with Crippen LogP contribution < -0.4 is 4.74 Å². The normalized spacial score (nSPS) is 32.0. The summed E-state index contributed by atoms with van der Waals surface area (Å²) < 4.78 is 10.6. The van der Waals surface area contributed by atoms with Gasteiger partial charge < -0.3 is 14.3 Å². The van der Waals surface area contributed by atoms with Crippen LogP contribution in [0, 0.1) is 11.1 Å². The Morgan fingerprint density at radius 2 is 2.16 bits per heavy atom. The van der Waals surface area contributed by atoms with Crippen molar-refractivity contribution >= 4 is 11.7 Å². The van der Waals surface area contributed by atoms with E-state index in [0.717, 1.165) is 12.0 Å². The van der Waals surface area contributed by atoms with Crippen molar-refractivity contribution in [2.45, 2.75) is 18.6 Å². The third kappa shape index (κ3) is 1.40. The molecule has 0 bridgehead atoms. The smallest absolute Gasteiger partial charge is 0.411 e. The molecule has 1 aromatic rings. The number of hydrogen-bond donors (Lipinski definition) is 0. The Kier molecular flexibility index (Phi) is 2.11. The first kappa shape index (κ1) is 10.8. The SMILES string of the molecule is O=C1Oc2ccccc2[C@H]2C1=[N+]([O-])O[C@H]1OCC[C@H]12. The average molecular weight is 261 g/mol. The summed E-state index contributed by atoms with van der Waals surface area (Å²) in [4.78, 5) is 17.3. The second-order valence-corrected chi connectivity index (χ2v) is 4.84. The molecule has 3 atom stereocenters. The fraction of sp³-hybridized carbons (Fsp3) is 0.385. The van der Waals surface area contributed by atoms with Gasteiger partial charge in [0, 0.05) is 18.1 Å². The van der Waals surface area contributed by atoms with E-state index in [0.29, 0.717) is 12.4 Å². The van der Waals surface area contributed by atoms with Crippen LogP contribution in [-0.2, 0) is 14.4 Å². The summed E-state index contributed by atoms with van der Waals surface area (Å²) in [7, 11) is 0. The number of esters is 1. The predicted octanol–water partition coefficient (Wildman–Crippen LogP) is 0.948. The number of ether oxygens (including phenoxy) is 2. The van der Waals surface area contributed by atoms with Gasteiger partial charge in [-0.15, -0.1) is 0 Å². The van der Waals surface area contributed by atoms with Crippen LogP contribution in [0.1, 0.15) is 17.9 Å². The van der Waals surface area contributed by atoms with Crippen LogP contribution >= 0.6 is 0 Å². The van der Waals surface area contributed by atoms with E-state index >= 15 is 0 Å². The van der Waals surface area contributed by atoms with E-state index in [1.54, 1.807) is 12.1 Å². The van der Waals surface area contributed by atoms with E-state index in [1.165, 1.54) is 0 Å². The molecule has 0 aromatic heterocycles. The number of nitrogens with zero attached hydrogens (tertiary/aromatic N) is 1. The molecule has 1 aromatic carbocycles. The van der Waals surface area contributed by atoms with Crippen LogP contribution in [0.4, 0.5) is 0 Å². The molecule has 0 spiro atoms. The zero-order valence-corrected chi connectivity index (χ0v) is 9.94. The van der Waals surface area contributed by atoms with Gasteiger partial charge in [0.15, 0.2) is 6.29 Å². The minimum absolute atomic E-state index is 0.0189. The molecular formula is C13H11NO5. The lowest BCUT2D eigenvalue weighted by molar-refractivity contribution is -0.772. The van der Waals surface area contributed by atoms with Gasteiger partial charge in [-0.3, -0.25) is 5.21 Å². The summed E-state index contributed by atoms with van der Waals surface area (Å²) in [5, 5.41) is 11.9. The summed E-state index contributed by atoms with van der Waals surface area (Å²) in [5.41, 5.74) is 0.868. The fourth-order valence-corrected chi connectivity index (χ4v) is 3.04. The summed E-state index contributed by atoms with van der Waals surface area (Å²) in [6.07, 6.45) is 0.180. The molecule has 0 radical (unpaired) electrons. The van der Waals surface area contributed by atoms with E-state index in [1.807, 2.05) is 12.1 Å². The molecule has 19 heavy (non-hydrogen) atoms. The molecule has 6 heteroatoms. The molecule has 0 amide bonds. The van der Waals surface area contributed by atoms with Crippen molar-refractivity contribution in [3.8, 4) is 5.75 Å². The molecule has 6 nitrogen and oxygen atoms in total. The summed E-state index contributed by atoms with van der Waals surface area (Å²) in [6.45, 7) is 0.532. The van der Waals surface area contributed by atoms with Gasteiger partial charge in [0.1, 0.15) is 5.75 Å². The van der Waals surface area contributed by atoms with Crippen molar-refractivity contribution in [3.05, 3.63) is 35.0 Å². The molecule has 0 aliphatic carbocycles. The molecule has 1 fully saturated rings. The topological polar surface area (TPSA) is 70.8 Å². The van der Waals surface area contributed by atoms with Gasteiger partial charge in [0.2, 0.25) is 0 Å². The third-order valence-corrected chi connectivity index (χ3v) is 3.87. The van der Waals surface area contributed by atoms with Crippen molar-refractivity contribution in [2.24, 2.45) is 5.92 Å².